The molecule has 0 bridgehead atoms. The number of carbonyl (C=O) groups excluding carboxylic acids is 1. The maximum absolute atomic E-state index is 11.0. The Morgan fingerprint density at radius 2 is 1.81 bits per heavy atom. The highest BCUT2D eigenvalue weighted by Crippen LogP contribution is 2.42. The van der Waals surface area contributed by atoms with Gasteiger partial charge in [0.05, 0.1) is 5.41 Å². The molecule has 1 unspecified atom stereocenters. The van der Waals surface area contributed by atoms with E-state index in [1.807, 2.05) is 6.92 Å². The molecule has 1 aliphatic carbocycles. The summed E-state index contributed by atoms with van der Waals surface area (Å²) in [5.74, 6) is 6.40. The van der Waals surface area contributed by atoms with Gasteiger partial charge in [0.1, 0.15) is 0 Å². The fourth-order valence-corrected chi connectivity index (χ4v) is 2.46. The molecule has 0 spiro atoms. The summed E-state index contributed by atoms with van der Waals surface area (Å²) in [6.07, 6.45) is 6.35. The number of hydrogen-bond acceptors (Lipinski definition) is 1. The van der Waals surface area contributed by atoms with E-state index < -0.39 is 0 Å². The fraction of sp³-hybridized carbons (Fsp3) is 0.667. The molecule has 0 radical (unpaired) electrons. The Kier molecular flexibility index (Phi) is 4.35. The third-order valence-electron chi connectivity index (χ3n) is 3.81. The van der Waals surface area contributed by atoms with Crippen LogP contribution in [-0.2, 0) is 4.79 Å². The summed E-state index contributed by atoms with van der Waals surface area (Å²) in [4.78, 5) is 11.0. The molecule has 88 valence electrons. The number of ketones is 1. The van der Waals surface area contributed by atoms with Crippen LogP contribution in [0.5, 0.6) is 0 Å². The van der Waals surface area contributed by atoms with Crippen LogP contribution >= 0.6 is 0 Å². The molecule has 1 saturated carbocycles. The maximum Gasteiger partial charge on any atom is 0.202 e. The molecule has 1 aliphatic rings. The van der Waals surface area contributed by atoms with Crippen molar-refractivity contribution in [3.63, 3.8) is 0 Å². The lowest BCUT2D eigenvalue weighted by molar-refractivity contribution is -0.111. The Labute approximate surface area is 99.3 Å². The zero-order chi connectivity index (χ0) is 12.2. The number of hydrogen-bond donors (Lipinski definition) is 0. The van der Waals surface area contributed by atoms with Crippen LogP contribution < -0.4 is 0 Å². The monoisotopic (exact) mass is 218 g/mol. The zero-order valence-electron chi connectivity index (χ0n) is 10.7. The molecule has 0 aliphatic heterocycles. The highest BCUT2D eigenvalue weighted by molar-refractivity contribution is 5.93. The molecule has 1 nitrogen and oxygen atoms in total. The van der Waals surface area contributed by atoms with Crippen LogP contribution in [-0.4, -0.2) is 5.78 Å². The van der Waals surface area contributed by atoms with Crippen molar-refractivity contribution in [2.45, 2.75) is 52.9 Å². The predicted molar refractivity (Wildman–Crippen MR) is 68.0 cm³/mol. The summed E-state index contributed by atoms with van der Waals surface area (Å²) in [6.45, 7) is 9.76. The van der Waals surface area contributed by atoms with E-state index in [0.29, 0.717) is 5.92 Å². The molecule has 0 aromatic carbocycles. The summed E-state index contributed by atoms with van der Waals surface area (Å²) in [6, 6.07) is 0. The lowest BCUT2D eigenvalue weighted by Crippen LogP contribution is -2.29. The second-order valence-corrected chi connectivity index (χ2v) is 5.12. The summed E-state index contributed by atoms with van der Waals surface area (Å²) < 4.78 is 0. The van der Waals surface area contributed by atoms with Gasteiger partial charge in [-0.15, -0.1) is 0 Å². The van der Waals surface area contributed by atoms with Crippen molar-refractivity contribution in [2.24, 2.45) is 11.3 Å². The van der Waals surface area contributed by atoms with Gasteiger partial charge >= 0.3 is 0 Å². The molecule has 0 aromatic heterocycles. The van der Waals surface area contributed by atoms with Gasteiger partial charge in [0, 0.05) is 6.92 Å². The SMILES string of the molecule is C=C(C)C(C)(C#CC(C)=O)C1CCCCC1. The Balaban J connectivity index is 2.92. The first-order valence-electron chi connectivity index (χ1n) is 6.16. The Morgan fingerprint density at radius 1 is 1.25 bits per heavy atom. The number of Topliss-reactive ketones (excluding diaryl/α,β-unsaturated/α-hetero) is 1. The van der Waals surface area contributed by atoms with Crippen molar-refractivity contribution in [3.05, 3.63) is 12.2 Å². The molecule has 1 rings (SSSR count). The van der Waals surface area contributed by atoms with Crippen LogP contribution in [0, 0.1) is 23.2 Å². The second-order valence-electron chi connectivity index (χ2n) is 5.12. The van der Waals surface area contributed by atoms with E-state index in [-0.39, 0.29) is 11.2 Å². The van der Waals surface area contributed by atoms with Crippen LogP contribution in [0.1, 0.15) is 52.9 Å². The van der Waals surface area contributed by atoms with Gasteiger partial charge in [-0.3, -0.25) is 4.79 Å². The van der Waals surface area contributed by atoms with E-state index in [4.69, 9.17) is 0 Å². The third-order valence-corrected chi connectivity index (χ3v) is 3.81. The predicted octanol–water partition coefficient (Wildman–Crippen LogP) is 3.74. The van der Waals surface area contributed by atoms with Crippen molar-refractivity contribution in [1.82, 2.24) is 0 Å². The molecular formula is C15H22O. The fourth-order valence-electron chi connectivity index (χ4n) is 2.46. The third kappa shape index (κ3) is 2.98. The molecular weight excluding hydrogens is 196 g/mol. The average molecular weight is 218 g/mol. The Hall–Kier alpha value is -1.03. The average Bonchev–Trinajstić information content (AvgIpc) is 2.26. The summed E-state index contributed by atoms with van der Waals surface area (Å²) in [7, 11) is 0. The van der Waals surface area contributed by atoms with Gasteiger partial charge in [0.2, 0.25) is 5.78 Å². The normalized spacial score (nSPS) is 20.4. The second kappa shape index (κ2) is 5.34. The van der Waals surface area contributed by atoms with Crippen molar-refractivity contribution in [1.29, 1.82) is 0 Å². The first kappa shape index (κ1) is 13.0. The van der Waals surface area contributed by atoms with E-state index >= 15 is 0 Å². The summed E-state index contributed by atoms with van der Waals surface area (Å²) >= 11 is 0. The molecule has 0 amide bonds. The summed E-state index contributed by atoms with van der Waals surface area (Å²) in [5, 5.41) is 0. The van der Waals surface area contributed by atoms with E-state index in [1.165, 1.54) is 39.0 Å². The van der Waals surface area contributed by atoms with Gasteiger partial charge in [0.25, 0.3) is 0 Å². The van der Waals surface area contributed by atoms with E-state index in [9.17, 15) is 4.79 Å². The lowest BCUT2D eigenvalue weighted by Gasteiger charge is -2.36. The van der Waals surface area contributed by atoms with Crippen LogP contribution in [0.4, 0.5) is 0 Å². The molecule has 0 heterocycles. The minimum atomic E-state index is -0.175. The molecule has 16 heavy (non-hydrogen) atoms. The number of rotatable bonds is 2. The van der Waals surface area contributed by atoms with Crippen molar-refractivity contribution in [2.75, 3.05) is 0 Å². The topological polar surface area (TPSA) is 17.1 Å². The molecule has 1 atom stereocenters. The molecule has 1 fully saturated rings. The van der Waals surface area contributed by atoms with Gasteiger partial charge < -0.3 is 0 Å². The van der Waals surface area contributed by atoms with Gasteiger partial charge in [-0.2, -0.15) is 0 Å². The Morgan fingerprint density at radius 3 is 2.25 bits per heavy atom. The zero-order valence-corrected chi connectivity index (χ0v) is 10.7. The number of carbonyl (C=O) groups is 1. The van der Waals surface area contributed by atoms with Gasteiger partial charge in [0.15, 0.2) is 0 Å². The van der Waals surface area contributed by atoms with E-state index in [1.54, 1.807) is 0 Å². The van der Waals surface area contributed by atoms with Crippen LogP contribution in [0.25, 0.3) is 0 Å². The smallest absolute Gasteiger partial charge is 0.202 e. The van der Waals surface area contributed by atoms with Crippen LogP contribution in [0.15, 0.2) is 12.2 Å². The molecule has 0 N–H and O–H groups in total. The van der Waals surface area contributed by atoms with Crippen LogP contribution in [0.2, 0.25) is 0 Å². The minimum absolute atomic E-state index is 0.0525. The van der Waals surface area contributed by atoms with Gasteiger partial charge in [-0.1, -0.05) is 37.3 Å². The molecule has 1 heteroatoms. The molecule has 0 aromatic rings. The highest BCUT2D eigenvalue weighted by atomic mass is 16.1. The first-order chi connectivity index (χ1) is 7.47. The Bertz CT molecular complexity index is 336. The van der Waals surface area contributed by atoms with E-state index in [2.05, 4.69) is 25.3 Å². The van der Waals surface area contributed by atoms with E-state index in [0.717, 1.165) is 5.57 Å². The lowest BCUT2D eigenvalue weighted by atomic mass is 9.67. The number of allylic oxidation sites excluding steroid dienone is 1. The van der Waals surface area contributed by atoms with Gasteiger partial charge in [-0.05, 0) is 38.5 Å². The maximum atomic E-state index is 11.0. The van der Waals surface area contributed by atoms with Crippen molar-refractivity contribution in [3.8, 4) is 11.8 Å². The first-order valence-corrected chi connectivity index (χ1v) is 6.16. The van der Waals surface area contributed by atoms with Crippen molar-refractivity contribution >= 4 is 5.78 Å². The minimum Gasteiger partial charge on any atom is -0.285 e. The quantitative estimate of drug-likeness (QED) is 0.392. The largest absolute Gasteiger partial charge is 0.285 e. The van der Waals surface area contributed by atoms with Crippen LogP contribution in [0.3, 0.4) is 0 Å². The highest BCUT2D eigenvalue weighted by Gasteiger charge is 2.34. The summed E-state index contributed by atoms with van der Waals surface area (Å²) in [5.41, 5.74) is 0.916. The molecule has 0 saturated heterocycles. The van der Waals surface area contributed by atoms with Crippen molar-refractivity contribution < 1.29 is 4.79 Å². The van der Waals surface area contributed by atoms with Gasteiger partial charge in [-0.25, -0.2) is 0 Å². The standard InChI is InChI=1S/C15H22O/c1-12(2)15(4,11-10-13(3)16)14-8-6-5-7-9-14/h14H,1,5-9H2,2-4H3.